The van der Waals surface area contributed by atoms with Crippen LogP contribution < -0.4 is 16.6 Å². The summed E-state index contributed by atoms with van der Waals surface area (Å²) < 4.78 is 14.7. The Morgan fingerprint density at radius 1 is 1.33 bits per heavy atom. The van der Waals surface area contributed by atoms with Crippen molar-refractivity contribution in [2.75, 3.05) is 11.1 Å². The number of nitrogens with one attached hydrogen (secondary N) is 1. The lowest BCUT2D eigenvalue weighted by molar-refractivity contribution is 0.102. The number of rotatable bonds is 4. The number of halogens is 1. The number of nitrogens with zero attached hydrogens (tertiary/aromatic N) is 1. The number of carbonyl (C=O) groups is 1. The smallest absolute Gasteiger partial charge is 0.255 e. The molecule has 0 spiro atoms. The summed E-state index contributed by atoms with van der Waals surface area (Å²) in [6.07, 6.45) is 2.37. The number of aryl methyl sites for hydroxylation is 1. The van der Waals surface area contributed by atoms with Crippen molar-refractivity contribution < 1.29 is 9.18 Å². The van der Waals surface area contributed by atoms with Crippen molar-refractivity contribution in [2.45, 2.75) is 19.9 Å². The number of carbonyl (C=O) groups excluding carboxylic acids is 1. The van der Waals surface area contributed by atoms with Crippen molar-refractivity contribution in [3.63, 3.8) is 0 Å². The van der Waals surface area contributed by atoms with Gasteiger partial charge in [0, 0.05) is 30.1 Å². The maximum atomic E-state index is 13.2. The van der Waals surface area contributed by atoms with Crippen LogP contribution in [0.25, 0.3) is 0 Å². The van der Waals surface area contributed by atoms with Gasteiger partial charge in [-0.1, -0.05) is 6.92 Å². The lowest BCUT2D eigenvalue weighted by Crippen LogP contribution is -2.20. The van der Waals surface area contributed by atoms with Gasteiger partial charge < -0.3 is 15.6 Å². The van der Waals surface area contributed by atoms with Crippen molar-refractivity contribution in [2.24, 2.45) is 0 Å². The molecule has 21 heavy (non-hydrogen) atoms. The van der Waals surface area contributed by atoms with Crippen molar-refractivity contribution in [3.8, 4) is 0 Å². The van der Waals surface area contributed by atoms with Gasteiger partial charge in [0.2, 0.25) is 0 Å². The van der Waals surface area contributed by atoms with Gasteiger partial charge in [-0.05, 0) is 30.7 Å². The molecule has 0 aliphatic heterocycles. The Hall–Kier alpha value is -2.63. The number of amides is 1. The molecule has 0 saturated carbocycles. The molecule has 6 heteroatoms. The third-order valence-corrected chi connectivity index (χ3v) is 2.89. The zero-order valence-electron chi connectivity index (χ0n) is 11.6. The Morgan fingerprint density at radius 3 is 2.76 bits per heavy atom. The Labute approximate surface area is 121 Å². The Bertz CT molecular complexity index is 705. The summed E-state index contributed by atoms with van der Waals surface area (Å²) in [7, 11) is 0. The largest absolute Gasteiger partial charge is 0.399 e. The molecular weight excluding hydrogens is 273 g/mol. The molecule has 0 aliphatic carbocycles. The van der Waals surface area contributed by atoms with Gasteiger partial charge in [-0.2, -0.15) is 0 Å². The Balaban J connectivity index is 2.23. The number of hydrogen-bond donors (Lipinski definition) is 2. The molecule has 0 atom stereocenters. The van der Waals surface area contributed by atoms with Gasteiger partial charge in [-0.25, -0.2) is 4.39 Å². The first-order chi connectivity index (χ1) is 9.99. The number of aromatic nitrogens is 1. The summed E-state index contributed by atoms with van der Waals surface area (Å²) in [6.45, 7) is 2.52. The first kappa shape index (κ1) is 14.8. The van der Waals surface area contributed by atoms with E-state index < -0.39 is 11.7 Å². The fourth-order valence-corrected chi connectivity index (χ4v) is 1.97. The van der Waals surface area contributed by atoms with Gasteiger partial charge in [0.05, 0.1) is 5.69 Å². The van der Waals surface area contributed by atoms with Crippen LogP contribution >= 0.6 is 0 Å². The molecule has 3 N–H and O–H groups in total. The van der Waals surface area contributed by atoms with Crippen LogP contribution in [0.1, 0.15) is 23.7 Å². The Morgan fingerprint density at radius 2 is 2.10 bits per heavy atom. The number of hydrogen-bond acceptors (Lipinski definition) is 3. The van der Waals surface area contributed by atoms with Gasteiger partial charge in [0.1, 0.15) is 5.82 Å². The molecule has 0 saturated heterocycles. The highest BCUT2D eigenvalue weighted by Crippen LogP contribution is 2.13. The maximum Gasteiger partial charge on any atom is 0.255 e. The van der Waals surface area contributed by atoms with E-state index in [1.807, 2.05) is 6.92 Å². The molecule has 110 valence electrons. The van der Waals surface area contributed by atoms with Gasteiger partial charge >= 0.3 is 0 Å². The summed E-state index contributed by atoms with van der Waals surface area (Å²) in [5, 5.41) is 2.62. The van der Waals surface area contributed by atoms with Crippen LogP contribution in [0.15, 0.2) is 41.3 Å². The summed E-state index contributed by atoms with van der Waals surface area (Å²) >= 11 is 0. The molecule has 0 radical (unpaired) electrons. The van der Waals surface area contributed by atoms with E-state index >= 15 is 0 Å². The molecule has 0 aliphatic rings. The zero-order valence-corrected chi connectivity index (χ0v) is 11.6. The first-order valence-electron chi connectivity index (χ1n) is 6.57. The number of benzene rings is 1. The molecule has 5 nitrogen and oxygen atoms in total. The number of nitrogen functional groups attached to an aromatic ring is 1. The minimum atomic E-state index is -0.573. The van der Waals surface area contributed by atoms with Crippen LogP contribution in [0, 0.1) is 5.82 Å². The fourth-order valence-electron chi connectivity index (χ4n) is 1.97. The molecular formula is C15H16FN3O2. The van der Waals surface area contributed by atoms with Gasteiger partial charge in [0.25, 0.3) is 11.5 Å². The predicted molar refractivity (Wildman–Crippen MR) is 79.8 cm³/mol. The first-order valence-corrected chi connectivity index (χ1v) is 6.57. The third-order valence-electron chi connectivity index (χ3n) is 2.89. The number of pyridine rings is 1. The quantitative estimate of drug-likeness (QED) is 0.847. The fraction of sp³-hybridized carbons (Fsp3) is 0.200. The molecule has 1 heterocycles. The van der Waals surface area contributed by atoms with E-state index in [0.29, 0.717) is 12.2 Å². The molecule has 0 fully saturated rings. The molecule has 1 aromatic heterocycles. The molecule has 2 rings (SSSR count). The topological polar surface area (TPSA) is 77.1 Å². The van der Waals surface area contributed by atoms with Crippen LogP contribution in [0.4, 0.5) is 15.8 Å². The van der Waals surface area contributed by atoms with Crippen LogP contribution in [-0.4, -0.2) is 10.5 Å². The third kappa shape index (κ3) is 3.68. The van der Waals surface area contributed by atoms with Gasteiger partial charge in [-0.15, -0.1) is 0 Å². The normalized spacial score (nSPS) is 10.4. The zero-order chi connectivity index (χ0) is 15.4. The standard InChI is InChI=1S/C15H16FN3O2/c1-2-5-19-9-13(3-4-14(19)20)18-15(21)10-6-11(16)8-12(17)7-10/h3-4,6-9H,2,5,17H2,1H3,(H,18,21). The highest BCUT2D eigenvalue weighted by molar-refractivity contribution is 6.04. The van der Waals surface area contributed by atoms with E-state index in [2.05, 4.69) is 5.32 Å². The highest BCUT2D eigenvalue weighted by atomic mass is 19.1. The van der Waals surface area contributed by atoms with E-state index in [1.165, 1.54) is 22.8 Å². The van der Waals surface area contributed by atoms with Gasteiger partial charge in [-0.3, -0.25) is 9.59 Å². The molecule has 1 aromatic carbocycles. The summed E-state index contributed by atoms with van der Waals surface area (Å²) in [5.74, 6) is -1.06. The van der Waals surface area contributed by atoms with Crippen molar-refractivity contribution in [1.29, 1.82) is 0 Å². The second-order valence-electron chi connectivity index (χ2n) is 4.68. The maximum absolute atomic E-state index is 13.2. The van der Waals surface area contributed by atoms with Crippen molar-refractivity contribution >= 4 is 17.3 Å². The lowest BCUT2D eigenvalue weighted by Gasteiger charge is -2.09. The average Bonchev–Trinajstić information content (AvgIpc) is 2.41. The van der Waals surface area contributed by atoms with Crippen LogP contribution in [-0.2, 0) is 6.54 Å². The van der Waals surface area contributed by atoms with Gasteiger partial charge in [0.15, 0.2) is 0 Å². The van der Waals surface area contributed by atoms with E-state index in [0.717, 1.165) is 18.6 Å². The second-order valence-corrected chi connectivity index (χ2v) is 4.68. The summed E-state index contributed by atoms with van der Waals surface area (Å²) in [5.41, 5.74) is 6.15. The van der Waals surface area contributed by atoms with Crippen molar-refractivity contribution in [3.05, 3.63) is 58.3 Å². The minimum Gasteiger partial charge on any atom is -0.399 e. The van der Waals surface area contributed by atoms with E-state index in [9.17, 15) is 14.0 Å². The minimum absolute atomic E-state index is 0.126. The summed E-state index contributed by atoms with van der Waals surface area (Å²) in [4.78, 5) is 23.6. The molecule has 0 unspecified atom stereocenters. The second kappa shape index (κ2) is 6.21. The van der Waals surface area contributed by atoms with Crippen LogP contribution in [0.3, 0.4) is 0 Å². The molecule has 0 bridgehead atoms. The monoisotopic (exact) mass is 289 g/mol. The molecule has 2 aromatic rings. The van der Waals surface area contributed by atoms with Crippen LogP contribution in [0.2, 0.25) is 0 Å². The summed E-state index contributed by atoms with van der Waals surface area (Å²) in [6, 6.07) is 6.52. The van der Waals surface area contributed by atoms with E-state index in [-0.39, 0.29) is 16.8 Å². The number of nitrogens with two attached hydrogens (primary N) is 1. The Kier molecular flexibility index (Phi) is 4.37. The number of anilines is 2. The van der Waals surface area contributed by atoms with E-state index in [1.54, 1.807) is 6.20 Å². The van der Waals surface area contributed by atoms with E-state index in [4.69, 9.17) is 5.73 Å². The van der Waals surface area contributed by atoms with Crippen molar-refractivity contribution in [1.82, 2.24) is 4.57 Å². The van der Waals surface area contributed by atoms with Crippen LogP contribution in [0.5, 0.6) is 0 Å². The predicted octanol–water partition coefficient (Wildman–Crippen LogP) is 2.23. The molecule has 1 amide bonds. The average molecular weight is 289 g/mol. The lowest BCUT2D eigenvalue weighted by atomic mass is 10.2. The SMILES string of the molecule is CCCn1cc(NC(=O)c2cc(N)cc(F)c2)ccc1=O. The highest BCUT2D eigenvalue weighted by Gasteiger charge is 2.09.